The van der Waals surface area contributed by atoms with Crippen LogP contribution in [-0.2, 0) is 0 Å². The van der Waals surface area contributed by atoms with Crippen LogP contribution in [0.25, 0.3) is 0 Å². The number of thiocarbonyl (C=S) groups is 2. The predicted octanol–water partition coefficient (Wildman–Crippen LogP) is 1.94. The summed E-state index contributed by atoms with van der Waals surface area (Å²) in [5.74, 6) is 0. The van der Waals surface area contributed by atoms with Crippen LogP contribution >= 0.6 is 24.4 Å². The summed E-state index contributed by atoms with van der Waals surface area (Å²) < 4.78 is 0. The first kappa shape index (κ1) is 22.3. The summed E-state index contributed by atoms with van der Waals surface area (Å²) >= 11 is 10.4. The first-order chi connectivity index (χ1) is 14.1. The molecule has 0 unspecified atom stereocenters. The number of rotatable bonds is 8. The third-order valence-electron chi connectivity index (χ3n) is 3.65. The molecular weight excluding hydrogens is 404 g/mol. The highest BCUT2D eigenvalue weighted by Crippen LogP contribution is 1.96. The number of hydrogen-bond acceptors (Lipinski definition) is 6. The average Bonchev–Trinajstić information content (AvgIpc) is 2.76. The molecule has 0 aliphatic carbocycles. The molecule has 0 aromatic carbocycles. The van der Waals surface area contributed by atoms with Crippen molar-refractivity contribution in [3.63, 3.8) is 0 Å². The van der Waals surface area contributed by atoms with Gasteiger partial charge in [0, 0.05) is 25.5 Å². The molecule has 2 heterocycles. The van der Waals surface area contributed by atoms with Crippen LogP contribution in [0.5, 0.6) is 0 Å². The van der Waals surface area contributed by atoms with Gasteiger partial charge in [0.1, 0.15) is 0 Å². The molecular formula is C19H24N8S2. The van der Waals surface area contributed by atoms with Gasteiger partial charge in [0.2, 0.25) is 0 Å². The van der Waals surface area contributed by atoms with Crippen LogP contribution in [0, 0.1) is 0 Å². The van der Waals surface area contributed by atoms with Gasteiger partial charge in [0.25, 0.3) is 0 Å². The van der Waals surface area contributed by atoms with E-state index in [1.165, 1.54) is 0 Å². The molecule has 0 saturated heterocycles. The van der Waals surface area contributed by atoms with E-state index in [1.807, 2.05) is 50.2 Å². The standard InChI is InChI=1S/C19H24N8S2/c1-14(16-8-3-5-10-20-16)24-26-18(28)22-12-7-13-23-19(29)27-25-15(2)17-9-4-6-11-21-17/h3-6,8-11H,7,12-13H2,1-2H3,(H2,22,26,28)(H2,23,27,29)/b24-14-,25-15+. The lowest BCUT2D eigenvalue weighted by Gasteiger charge is -2.10. The van der Waals surface area contributed by atoms with E-state index < -0.39 is 0 Å². The van der Waals surface area contributed by atoms with Crippen LogP contribution in [0.1, 0.15) is 31.7 Å². The van der Waals surface area contributed by atoms with E-state index in [2.05, 4.69) is 41.7 Å². The lowest BCUT2D eigenvalue weighted by molar-refractivity contribution is 0.727. The van der Waals surface area contributed by atoms with Crippen LogP contribution in [0.15, 0.2) is 59.0 Å². The van der Waals surface area contributed by atoms with E-state index in [9.17, 15) is 0 Å². The third-order valence-corrected chi connectivity index (χ3v) is 4.12. The van der Waals surface area contributed by atoms with Gasteiger partial charge in [-0.15, -0.1) is 0 Å². The van der Waals surface area contributed by atoms with Gasteiger partial charge in [-0.1, -0.05) is 12.1 Å². The Balaban J connectivity index is 1.59. The second-order valence-electron chi connectivity index (χ2n) is 5.91. The number of hydrogen-bond donors (Lipinski definition) is 4. The van der Waals surface area contributed by atoms with Crippen LogP contribution in [0.4, 0.5) is 0 Å². The Bertz CT molecular complexity index is 782. The smallest absolute Gasteiger partial charge is 0.186 e. The van der Waals surface area contributed by atoms with Gasteiger partial charge in [-0.25, -0.2) is 0 Å². The maximum absolute atomic E-state index is 5.21. The topological polar surface area (TPSA) is 98.6 Å². The van der Waals surface area contributed by atoms with Crippen LogP contribution in [-0.4, -0.2) is 44.7 Å². The predicted molar refractivity (Wildman–Crippen MR) is 125 cm³/mol. The number of aromatic nitrogens is 2. The van der Waals surface area contributed by atoms with E-state index in [4.69, 9.17) is 24.4 Å². The van der Waals surface area contributed by atoms with Crippen molar-refractivity contribution in [2.24, 2.45) is 10.2 Å². The highest BCUT2D eigenvalue weighted by Gasteiger charge is 2.00. The highest BCUT2D eigenvalue weighted by molar-refractivity contribution is 7.80. The summed E-state index contributed by atoms with van der Waals surface area (Å²) in [6, 6.07) is 11.3. The third kappa shape index (κ3) is 8.71. The minimum absolute atomic E-state index is 0.455. The summed E-state index contributed by atoms with van der Waals surface area (Å²) in [5.41, 5.74) is 8.75. The van der Waals surface area contributed by atoms with Crippen molar-refractivity contribution < 1.29 is 0 Å². The maximum atomic E-state index is 5.21. The molecule has 0 amide bonds. The first-order valence-electron chi connectivity index (χ1n) is 9.05. The molecule has 0 radical (unpaired) electrons. The summed E-state index contributed by atoms with van der Waals surface area (Å²) in [5, 5.41) is 15.5. The number of hydrazone groups is 2. The lowest BCUT2D eigenvalue weighted by atomic mass is 10.3. The van der Waals surface area contributed by atoms with Crippen molar-refractivity contribution in [1.82, 2.24) is 31.5 Å². The molecule has 0 aliphatic rings. The molecule has 8 nitrogen and oxygen atoms in total. The second kappa shape index (κ2) is 12.5. The molecule has 29 heavy (non-hydrogen) atoms. The van der Waals surface area contributed by atoms with Crippen LogP contribution in [0.2, 0.25) is 0 Å². The molecule has 10 heteroatoms. The largest absolute Gasteiger partial charge is 0.361 e. The van der Waals surface area contributed by atoms with Crippen molar-refractivity contribution in [3.8, 4) is 0 Å². The van der Waals surface area contributed by atoms with E-state index in [0.717, 1.165) is 29.2 Å². The first-order valence-corrected chi connectivity index (χ1v) is 9.87. The van der Waals surface area contributed by atoms with Gasteiger partial charge in [-0.2, -0.15) is 10.2 Å². The molecule has 2 aromatic heterocycles. The zero-order valence-electron chi connectivity index (χ0n) is 16.3. The summed E-state index contributed by atoms with van der Waals surface area (Å²) in [6.45, 7) is 5.09. The second-order valence-corrected chi connectivity index (χ2v) is 6.73. The van der Waals surface area contributed by atoms with Crippen molar-refractivity contribution in [2.45, 2.75) is 20.3 Å². The average molecular weight is 429 g/mol. The Kier molecular flexibility index (Phi) is 9.60. The van der Waals surface area contributed by atoms with E-state index >= 15 is 0 Å². The molecule has 0 atom stereocenters. The van der Waals surface area contributed by atoms with Gasteiger partial charge in [0.05, 0.1) is 22.8 Å². The highest BCUT2D eigenvalue weighted by atomic mass is 32.1. The quantitative estimate of drug-likeness (QED) is 0.219. The summed E-state index contributed by atoms with van der Waals surface area (Å²) in [6.07, 6.45) is 4.26. The number of nitrogens with one attached hydrogen (secondary N) is 4. The van der Waals surface area contributed by atoms with Gasteiger partial charge < -0.3 is 10.6 Å². The van der Waals surface area contributed by atoms with E-state index in [-0.39, 0.29) is 0 Å². The Labute approximate surface area is 181 Å². The molecule has 0 fully saturated rings. The molecule has 2 rings (SSSR count). The molecule has 0 spiro atoms. The molecule has 152 valence electrons. The Morgan fingerprint density at radius 1 is 0.793 bits per heavy atom. The molecule has 2 aromatic rings. The fraction of sp³-hybridized carbons (Fsp3) is 0.263. The monoisotopic (exact) mass is 428 g/mol. The van der Waals surface area contributed by atoms with Crippen molar-refractivity contribution in [1.29, 1.82) is 0 Å². The fourth-order valence-corrected chi connectivity index (χ4v) is 2.40. The molecule has 0 saturated carbocycles. The molecule has 0 aliphatic heterocycles. The van der Waals surface area contributed by atoms with Gasteiger partial charge in [-0.05, 0) is 69.0 Å². The van der Waals surface area contributed by atoms with Gasteiger partial charge in [-0.3, -0.25) is 20.8 Å². The van der Waals surface area contributed by atoms with E-state index in [1.54, 1.807) is 12.4 Å². The summed E-state index contributed by atoms with van der Waals surface area (Å²) in [7, 11) is 0. The van der Waals surface area contributed by atoms with Crippen LogP contribution in [0.3, 0.4) is 0 Å². The minimum atomic E-state index is 0.455. The molecule has 0 bridgehead atoms. The van der Waals surface area contributed by atoms with Crippen molar-refractivity contribution >= 4 is 46.1 Å². The van der Waals surface area contributed by atoms with Crippen LogP contribution < -0.4 is 21.5 Å². The normalized spacial score (nSPS) is 11.5. The zero-order chi connectivity index (χ0) is 20.9. The number of nitrogens with zero attached hydrogens (tertiary/aromatic N) is 4. The lowest BCUT2D eigenvalue weighted by Crippen LogP contribution is -2.37. The summed E-state index contributed by atoms with van der Waals surface area (Å²) in [4.78, 5) is 8.46. The van der Waals surface area contributed by atoms with Crippen molar-refractivity contribution in [3.05, 3.63) is 60.2 Å². The van der Waals surface area contributed by atoms with Gasteiger partial charge >= 0.3 is 0 Å². The number of pyridine rings is 2. The SMILES string of the molecule is C/C(=N/NC(=S)NCCCNC(=S)N/N=C(\C)c1ccccn1)c1ccccn1. The molecule has 4 N–H and O–H groups in total. The Morgan fingerprint density at radius 2 is 1.24 bits per heavy atom. The van der Waals surface area contributed by atoms with Gasteiger partial charge in [0.15, 0.2) is 10.2 Å². The van der Waals surface area contributed by atoms with Crippen molar-refractivity contribution in [2.75, 3.05) is 13.1 Å². The zero-order valence-corrected chi connectivity index (χ0v) is 18.0. The minimum Gasteiger partial charge on any atom is -0.361 e. The fourth-order valence-electron chi connectivity index (χ4n) is 2.11. The van der Waals surface area contributed by atoms with E-state index in [0.29, 0.717) is 23.3 Å². The Hall–Kier alpha value is -2.98. The Morgan fingerprint density at radius 3 is 1.62 bits per heavy atom. The maximum Gasteiger partial charge on any atom is 0.186 e.